The Kier molecular flexibility index (Phi) is 6.95. The molecule has 2 aromatic rings. The highest BCUT2D eigenvalue weighted by Crippen LogP contribution is 2.36. The molecule has 0 radical (unpaired) electrons. The predicted octanol–water partition coefficient (Wildman–Crippen LogP) is 1.36. The average molecular weight is 487 g/mol. The summed E-state index contributed by atoms with van der Waals surface area (Å²) in [6, 6.07) is -0.0188. The van der Waals surface area contributed by atoms with Gasteiger partial charge in [-0.1, -0.05) is 5.10 Å². The number of aryl methyl sites for hydroxylation is 1. The van der Waals surface area contributed by atoms with Gasteiger partial charge in [0.1, 0.15) is 4.88 Å². The summed E-state index contributed by atoms with van der Waals surface area (Å²) in [5.74, 6) is -2.10. The molecular weight excluding hydrogens is 464 g/mol. The summed E-state index contributed by atoms with van der Waals surface area (Å²) >= 11 is 0.662. The first-order chi connectivity index (χ1) is 15.1. The van der Waals surface area contributed by atoms with Gasteiger partial charge in [-0.25, -0.2) is 18.0 Å². The molecule has 1 aliphatic rings. The predicted molar refractivity (Wildman–Crippen MR) is 111 cm³/mol. The Morgan fingerprint density at radius 3 is 2.25 bits per heavy atom. The number of rotatable bonds is 6. The van der Waals surface area contributed by atoms with E-state index in [0.717, 1.165) is 7.11 Å². The third-order valence-electron chi connectivity index (χ3n) is 5.03. The van der Waals surface area contributed by atoms with Crippen LogP contribution in [0.25, 0.3) is 0 Å². The molecule has 0 spiro atoms. The summed E-state index contributed by atoms with van der Waals surface area (Å²) in [6.07, 6.45) is 0.500. The number of amides is 1. The normalized spacial score (nSPS) is 15.4. The number of hydrogen-bond acceptors (Lipinski definition) is 11. The van der Waals surface area contributed by atoms with Gasteiger partial charge >= 0.3 is 18.0 Å². The van der Waals surface area contributed by atoms with Crippen molar-refractivity contribution in [3.63, 3.8) is 0 Å². The van der Waals surface area contributed by atoms with E-state index in [-0.39, 0.29) is 58.1 Å². The van der Waals surface area contributed by atoms with Gasteiger partial charge in [-0.15, -0.1) is 16.4 Å². The molecule has 174 valence electrons. The average Bonchev–Trinajstić information content (AvgIpc) is 3.35. The molecule has 1 amide bonds. The maximum absolute atomic E-state index is 13.3. The fourth-order valence-corrected chi connectivity index (χ4v) is 6.68. The molecule has 12 nitrogen and oxygen atoms in total. The highest BCUT2D eigenvalue weighted by Gasteiger charge is 2.38. The highest BCUT2D eigenvalue weighted by molar-refractivity contribution is 7.91. The first kappa shape index (κ1) is 23.8. The number of piperidine rings is 1. The van der Waals surface area contributed by atoms with E-state index in [1.807, 2.05) is 0 Å². The summed E-state index contributed by atoms with van der Waals surface area (Å²) in [6.45, 7) is 3.15. The number of sulfonamides is 1. The zero-order valence-electron chi connectivity index (χ0n) is 17.8. The minimum Gasteiger partial charge on any atom is -0.465 e. The van der Waals surface area contributed by atoms with E-state index in [2.05, 4.69) is 15.5 Å². The lowest BCUT2D eigenvalue weighted by atomic mass is 9.97. The van der Waals surface area contributed by atoms with Gasteiger partial charge in [0.05, 0.1) is 19.8 Å². The van der Waals surface area contributed by atoms with Crippen LogP contribution >= 0.6 is 11.3 Å². The van der Waals surface area contributed by atoms with E-state index in [4.69, 9.17) is 13.9 Å². The van der Waals surface area contributed by atoms with Crippen molar-refractivity contribution in [1.29, 1.82) is 0 Å². The van der Waals surface area contributed by atoms with Crippen LogP contribution in [0.5, 0.6) is 0 Å². The number of hydrogen-bond donors (Lipinski definition) is 1. The van der Waals surface area contributed by atoms with E-state index >= 15 is 0 Å². The number of nitrogens with one attached hydrogen (secondary N) is 1. The number of anilines is 1. The van der Waals surface area contributed by atoms with E-state index in [1.165, 1.54) is 18.3 Å². The Labute approximate surface area is 187 Å². The van der Waals surface area contributed by atoms with Crippen LogP contribution < -0.4 is 5.32 Å². The summed E-state index contributed by atoms with van der Waals surface area (Å²) < 4.78 is 42.1. The fraction of sp³-hybridized carbons (Fsp3) is 0.500. The van der Waals surface area contributed by atoms with Crippen molar-refractivity contribution in [2.45, 2.75) is 30.9 Å². The van der Waals surface area contributed by atoms with E-state index < -0.39 is 27.9 Å². The molecular formula is C18H22N4O8S2. The molecule has 3 rings (SSSR count). The van der Waals surface area contributed by atoms with Gasteiger partial charge in [-0.3, -0.25) is 10.1 Å². The quantitative estimate of drug-likeness (QED) is 0.591. The van der Waals surface area contributed by atoms with E-state index in [1.54, 1.807) is 6.92 Å². The first-order valence-corrected chi connectivity index (χ1v) is 11.8. The number of ether oxygens (including phenoxy) is 2. The van der Waals surface area contributed by atoms with Crippen molar-refractivity contribution >= 4 is 45.2 Å². The molecule has 1 aliphatic heterocycles. The number of thiophene rings is 1. The zero-order chi connectivity index (χ0) is 23.6. The Morgan fingerprint density at radius 1 is 1.09 bits per heavy atom. The second-order valence-corrected chi connectivity index (χ2v) is 10.1. The van der Waals surface area contributed by atoms with Gasteiger partial charge in [0.25, 0.3) is 10.0 Å². The van der Waals surface area contributed by atoms with Gasteiger partial charge in [0.15, 0.2) is 4.21 Å². The van der Waals surface area contributed by atoms with Crippen molar-refractivity contribution in [1.82, 2.24) is 14.5 Å². The fourth-order valence-electron chi connectivity index (χ4n) is 3.32. The molecule has 0 atom stereocenters. The lowest BCUT2D eigenvalue weighted by Crippen LogP contribution is -2.41. The molecule has 0 aliphatic carbocycles. The maximum Gasteiger partial charge on any atom is 0.348 e. The van der Waals surface area contributed by atoms with Crippen molar-refractivity contribution in [3.05, 3.63) is 21.9 Å². The Hall–Kier alpha value is -2.84. The Balaban J connectivity index is 1.80. The van der Waals surface area contributed by atoms with Crippen LogP contribution in [0.4, 0.5) is 6.01 Å². The molecule has 1 saturated heterocycles. The third-order valence-corrected chi connectivity index (χ3v) is 8.70. The Morgan fingerprint density at radius 2 is 1.72 bits per heavy atom. The maximum atomic E-state index is 13.3. The van der Waals surface area contributed by atoms with Crippen LogP contribution in [0.2, 0.25) is 0 Å². The van der Waals surface area contributed by atoms with Crippen molar-refractivity contribution in [3.8, 4) is 0 Å². The molecule has 0 bridgehead atoms. The van der Waals surface area contributed by atoms with Gasteiger partial charge in [0.2, 0.25) is 11.8 Å². The van der Waals surface area contributed by atoms with Gasteiger partial charge in [-0.2, -0.15) is 4.31 Å². The van der Waals surface area contributed by atoms with E-state index in [9.17, 15) is 22.8 Å². The number of carbonyl (C=O) groups is 3. The summed E-state index contributed by atoms with van der Waals surface area (Å²) in [7, 11) is -1.83. The van der Waals surface area contributed by atoms with Crippen molar-refractivity contribution in [2.75, 3.05) is 32.6 Å². The van der Waals surface area contributed by atoms with Gasteiger partial charge in [0, 0.05) is 25.9 Å². The molecule has 0 unspecified atom stereocenters. The second-order valence-electron chi connectivity index (χ2n) is 7.00. The summed E-state index contributed by atoms with van der Waals surface area (Å²) in [5, 5.41) is 9.86. The first-order valence-electron chi connectivity index (χ1n) is 9.51. The van der Waals surface area contributed by atoms with Crippen molar-refractivity contribution in [2.24, 2.45) is 5.92 Å². The molecule has 0 aromatic carbocycles. The monoisotopic (exact) mass is 486 g/mol. The topological polar surface area (TPSA) is 158 Å². The minimum atomic E-state index is -4.13. The molecule has 14 heteroatoms. The number of esters is 2. The van der Waals surface area contributed by atoms with Crippen molar-refractivity contribution < 1.29 is 36.7 Å². The van der Waals surface area contributed by atoms with Crippen LogP contribution in [-0.4, -0.2) is 68.1 Å². The Bertz CT molecular complexity index is 1150. The van der Waals surface area contributed by atoms with Crippen LogP contribution in [0.3, 0.4) is 0 Å². The summed E-state index contributed by atoms with van der Waals surface area (Å²) in [4.78, 5) is 36.8. The second kappa shape index (κ2) is 9.34. The molecule has 1 N–H and O–H groups in total. The van der Waals surface area contributed by atoms with Crippen LogP contribution in [0, 0.1) is 19.8 Å². The summed E-state index contributed by atoms with van der Waals surface area (Å²) in [5.41, 5.74) is -0.0130. The number of aromatic nitrogens is 2. The molecule has 1 fully saturated rings. The molecule has 0 saturated carbocycles. The van der Waals surface area contributed by atoms with Gasteiger partial charge in [-0.05, 0) is 25.3 Å². The third kappa shape index (κ3) is 4.52. The molecule has 2 aromatic heterocycles. The minimum absolute atomic E-state index is 0.00981. The zero-order valence-corrected chi connectivity index (χ0v) is 19.5. The molecule has 32 heavy (non-hydrogen) atoms. The number of carbonyl (C=O) groups excluding carboxylic acids is 3. The van der Waals surface area contributed by atoms with Crippen LogP contribution in [0.1, 0.15) is 44.3 Å². The molecule has 3 heterocycles. The van der Waals surface area contributed by atoms with Gasteiger partial charge < -0.3 is 13.9 Å². The van der Waals surface area contributed by atoms with Crippen LogP contribution in [-0.2, 0) is 24.3 Å². The smallest absolute Gasteiger partial charge is 0.348 e. The van der Waals surface area contributed by atoms with E-state index in [0.29, 0.717) is 17.2 Å². The standard InChI is InChI=1S/C18H22N4O8S2/c1-9-12(15(24)28-3)17(31-13(9)16(25)29-4)32(26,27)22-7-5-11(6-8-22)14(23)19-18-21-20-10(2)30-18/h11H,5-8H2,1-4H3,(H,19,21,23). The van der Waals surface area contributed by atoms with Crippen LogP contribution in [0.15, 0.2) is 8.63 Å². The number of nitrogens with zero attached hydrogens (tertiary/aromatic N) is 3. The number of methoxy groups -OCH3 is 2. The largest absolute Gasteiger partial charge is 0.465 e. The highest BCUT2D eigenvalue weighted by atomic mass is 32.2. The lowest BCUT2D eigenvalue weighted by Gasteiger charge is -2.30. The SMILES string of the molecule is COC(=O)c1sc(S(=O)(=O)N2CCC(C(=O)Nc3nnc(C)o3)CC2)c(C(=O)OC)c1C. The lowest BCUT2D eigenvalue weighted by molar-refractivity contribution is -0.121.